The van der Waals surface area contributed by atoms with Gasteiger partial charge in [0.1, 0.15) is 6.04 Å². The first kappa shape index (κ1) is 30.8. The molecule has 7 heteroatoms. The molecule has 0 aliphatic heterocycles. The van der Waals surface area contributed by atoms with Crippen LogP contribution in [0.1, 0.15) is 61.0 Å². The van der Waals surface area contributed by atoms with Crippen molar-refractivity contribution in [1.82, 2.24) is 14.8 Å². The van der Waals surface area contributed by atoms with Crippen LogP contribution >= 0.6 is 0 Å². The number of benzene rings is 2. The van der Waals surface area contributed by atoms with Crippen molar-refractivity contribution in [3.05, 3.63) is 93.4 Å². The lowest BCUT2D eigenvalue weighted by Gasteiger charge is -2.26. The van der Waals surface area contributed by atoms with Crippen LogP contribution in [0.15, 0.2) is 65.6 Å². The number of amides is 1. The average molecular weight is 546 g/mol. The third-order valence-electron chi connectivity index (χ3n) is 7.19. The highest BCUT2D eigenvalue weighted by Gasteiger charge is 2.28. The van der Waals surface area contributed by atoms with E-state index in [1.807, 2.05) is 75.3 Å². The number of nitrogens with zero attached hydrogens (tertiary/aromatic N) is 2. The predicted octanol–water partition coefficient (Wildman–Crippen LogP) is 5.24. The van der Waals surface area contributed by atoms with Crippen molar-refractivity contribution in [3.8, 4) is 11.1 Å². The summed E-state index contributed by atoms with van der Waals surface area (Å²) in [6.45, 7) is 8.94. The monoisotopic (exact) mass is 545 g/mol. The number of aromatic nitrogens is 1. The predicted molar refractivity (Wildman–Crippen MR) is 160 cm³/mol. The average Bonchev–Trinajstić information content (AvgIpc) is 2.90. The van der Waals surface area contributed by atoms with Crippen LogP contribution in [0, 0.1) is 19.8 Å². The molecule has 1 N–H and O–H groups in total. The first-order chi connectivity index (χ1) is 19.0. The molecule has 1 heterocycles. The highest BCUT2D eigenvalue weighted by molar-refractivity contribution is 5.82. The van der Waals surface area contributed by atoms with E-state index in [0.29, 0.717) is 18.4 Å². The van der Waals surface area contributed by atoms with E-state index in [-0.39, 0.29) is 23.8 Å². The fourth-order valence-electron chi connectivity index (χ4n) is 5.08. The Morgan fingerprint density at radius 2 is 1.68 bits per heavy atom. The van der Waals surface area contributed by atoms with E-state index in [9.17, 15) is 14.4 Å². The van der Waals surface area contributed by atoms with Gasteiger partial charge in [0.25, 0.3) is 5.56 Å². The summed E-state index contributed by atoms with van der Waals surface area (Å²) in [7, 11) is 5.27. The minimum Gasteiger partial charge on any atom is -0.469 e. The number of carbonyl (C=O) groups excluding carboxylic acids is 2. The smallest absolute Gasteiger partial charge is 0.307 e. The molecule has 1 aromatic heterocycles. The van der Waals surface area contributed by atoms with Gasteiger partial charge < -0.3 is 19.5 Å². The zero-order valence-corrected chi connectivity index (χ0v) is 24.9. The van der Waals surface area contributed by atoms with Gasteiger partial charge in [0, 0.05) is 18.3 Å². The van der Waals surface area contributed by atoms with Crippen LogP contribution < -0.4 is 10.9 Å². The van der Waals surface area contributed by atoms with Crippen LogP contribution in [0.3, 0.4) is 0 Å². The first-order valence-corrected chi connectivity index (χ1v) is 13.9. The Balaban J connectivity index is 1.99. The fraction of sp³-hybridized carbons (Fsp3) is 0.424. The molecule has 2 atom stereocenters. The number of methoxy groups -OCH3 is 1. The Labute approximate surface area is 238 Å². The molecule has 0 fully saturated rings. The normalized spacial score (nSPS) is 12.8. The quantitative estimate of drug-likeness (QED) is 0.315. The number of hydrogen-bond acceptors (Lipinski definition) is 5. The maximum Gasteiger partial charge on any atom is 0.307 e. The lowest BCUT2D eigenvalue weighted by Crippen LogP contribution is -2.41. The number of ether oxygens (including phenoxy) is 1. The summed E-state index contributed by atoms with van der Waals surface area (Å²) in [5.41, 5.74) is 5.76. The number of likely N-dealkylation sites (N-methyl/N-ethyl adjacent to an activating group) is 1. The van der Waals surface area contributed by atoms with Crippen molar-refractivity contribution in [2.45, 2.75) is 59.0 Å². The number of aryl methyl sites for hydroxylation is 2. The van der Waals surface area contributed by atoms with Crippen LogP contribution in [0.25, 0.3) is 11.1 Å². The molecule has 7 nitrogen and oxygen atoms in total. The SMILES string of the molecule is COC(=O)C[C@H](NC(=O)C(CC(C)C)n1cccc(CCN(C)C)c1=O)c1cccc(-c2c(C)cccc2C)c1. The first-order valence-electron chi connectivity index (χ1n) is 13.9. The standard InChI is InChI=1S/C33H43N3O4/c1-22(2)19-29(36-17-10-15-25(33(36)39)16-18-35(5)6)32(38)34-28(21-30(37)40-7)26-13-9-14-27(20-26)31-23(3)11-8-12-24(31)4/h8-15,17,20,22,28-29H,16,18-19,21H2,1-7H3,(H,34,38)/t28-,29?/m0/s1. The van der Waals surface area contributed by atoms with Gasteiger partial charge in [-0.1, -0.05) is 56.3 Å². The summed E-state index contributed by atoms with van der Waals surface area (Å²) in [6.07, 6.45) is 2.74. The number of hydrogen-bond donors (Lipinski definition) is 1. The van der Waals surface area contributed by atoms with Crippen LogP contribution in [-0.4, -0.2) is 49.1 Å². The molecule has 3 rings (SSSR count). The maximum absolute atomic E-state index is 13.9. The number of carbonyl (C=O) groups is 2. The summed E-state index contributed by atoms with van der Waals surface area (Å²) >= 11 is 0. The molecule has 40 heavy (non-hydrogen) atoms. The molecule has 0 saturated heterocycles. The number of esters is 1. The molecular weight excluding hydrogens is 502 g/mol. The van der Waals surface area contributed by atoms with E-state index in [0.717, 1.165) is 34.4 Å². The number of nitrogens with one attached hydrogen (secondary N) is 1. The van der Waals surface area contributed by atoms with E-state index in [1.54, 1.807) is 10.8 Å². The Morgan fingerprint density at radius 1 is 1.00 bits per heavy atom. The molecule has 0 spiro atoms. The number of rotatable bonds is 12. The van der Waals surface area contributed by atoms with Gasteiger partial charge in [-0.15, -0.1) is 0 Å². The van der Waals surface area contributed by atoms with Crippen LogP contribution in [0.2, 0.25) is 0 Å². The van der Waals surface area contributed by atoms with E-state index in [1.165, 1.54) is 7.11 Å². The van der Waals surface area contributed by atoms with E-state index in [2.05, 4.69) is 31.3 Å². The third-order valence-corrected chi connectivity index (χ3v) is 7.19. The van der Waals surface area contributed by atoms with Crippen molar-refractivity contribution in [3.63, 3.8) is 0 Å². The zero-order chi connectivity index (χ0) is 29.4. The molecule has 0 aliphatic rings. The second-order valence-corrected chi connectivity index (χ2v) is 11.2. The van der Waals surface area contributed by atoms with E-state index >= 15 is 0 Å². The van der Waals surface area contributed by atoms with E-state index in [4.69, 9.17) is 4.74 Å². The molecule has 0 aliphatic carbocycles. The summed E-state index contributed by atoms with van der Waals surface area (Å²) < 4.78 is 6.52. The van der Waals surface area contributed by atoms with Gasteiger partial charge in [0.15, 0.2) is 0 Å². The molecule has 0 radical (unpaired) electrons. The van der Waals surface area contributed by atoms with Gasteiger partial charge in [0.2, 0.25) is 5.91 Å². The number of pyridine rings is 1. The van der Waals surface area contributed by atoms with Crippen LogP contribution in [0.5, 0.6) is 0 Å². The highest BCUT2D eigenvalue weighted by atomic mass is 16.5. The van der Waals surface area contributed by atoms with Crippen molar-refractivity contribution in [2.24, 2.45) is 5.92 Å². The molecule has 0 saturated carbocycles. The van der Waals surface area contributed by atoms with Crippen molar-refractivity contribution >= 4 is 11.9 Å². The minimum absolute atomic E-state index is 0.0232. The molecule has 0 bridgehead atoms. The van der Waals surface area contributed by atoms with Crippen molar-refractivity contribution < 1.29 is 14.3 Å². The third kappa shape index (κ3) is 7.92. The lowest BCUT2D eigenvalue weighted by molar-refractivity contribution is -0.141. The van der Waals surface area contributed by atoms with Gasteiger partial charge in [0.05, 0.1) is 19.6 Å². The Hall–Kier alpha value is -3.71. The molecule has 1 unspecified atom stereocenters. The summed E-state index contributed by atoms with van der Waals surface area (Å²) in [5.74, 6) is -0.558. The van der Waals surface area contributed by atoms with Gasteiger partial charge in [-0.2, -0.15) is 0 Å². The summed E-state index contributed by atoms with van der Waals surface area (Å²) in [5, 5.41) is 3.10. The molecule has 214 valence electrons. The molecule has 2 aromatic carbocycles. The van der Waals surface area contributed by atoms with Crippen molar-refractivity contribution in [1.29, 1.82) is 0 Å². The molecule has 3 aromatic rings. The highest BCUT2D eigenvalue weighted by Crippen LogP contribution is 2.30. The Kier molecular flexibility index (Phi) is 10.8. The Morgan fingerprint density at radius 3 is 2.30 bits per heavy atom. The summed E-state index contributed by atoms with van der Waals surface area (Å²) in [6, 6.07) is 16.4. The topological polar surface area (TPSA) is 80.6 Å². The maximum atomic E-state index is 13.9. The van der Waals surface area contributed by atoms with Gasteiger partial charge in [-0.05, 0) is 86.7 Å². The second-order valence-electron chi connectivity index (χ2n) is 11.2. The van der Waals surface area contributed by atoms with Crippen LogP contribution in [-0.2, 0) is 20.7 Å². The fourth-order valence-corrected chi connectivity index (χ4v) is 5.08. The summed E-state index contributed by atoms with van der Waals surface area (Å²) in [4.78, 5) is 41.8. The van der Waals surface area contributed by atoms with E-state index < -0.39 is 18.1 Å². The van der Waals surface area contributed by atoms with Gasteiger partial charge in [-0.3, -0.25) is 14.4 Å². The molecular formula is C33H43N3O4. The van der Waals surface area contributed by atoms with Gasteiger partial charge >= 0.3 is 5.97 Å². The largest absolute Gasteiger partial charge is 0.469 e. The Bertz CT molecular complexity index is 1360. The second kappa shape index (κ2) is 14.1. The van der Waals surface area contributed by atoms with Crippen LogP contribution in [0.4, 0.5) is 0 Å². The molecule has 1 amide bonds. The van der Waals surface area contributed by atoms with Crippen molar-refractivity contribution in [2.75, 3.05) is 27.7 Å². The lowest BCUT2D eigenvalue weighted by atomic mass is 9.92. The zero-order valence-electron chi connectivity index (χ0n) is 24.9. The minimum atomic E-state index is -0.714. The van der Waals surface area contributed by atoms with Gasteiger partial charge in [-0.25, -0.2) is 0 Å².